The first-order chi connectivity index (χ1) is 9.84. The van der Waals surface area contributed by atoms with E-state index < -0.39 is 17.5 Å². The fourth-order valence-corrected chi connectivity index (χ4v) is 2.99. The number of alkyl halides is 3. The third-order valence-corrected chi connectivity index (χ3v) is 3.95. The molecule has 0 spiro atoms. The van der Waals surface area contributed by atoms with Crippen molar-refractivity contribution in [3.63, 3.8) is 0 Å². The van der Waals surface area contributed by atoms with Crippen LogP contribution in [-0.4, -0.2) is 15.2 Å². The predicted octanol–water partition coefficient (Wildman–Crippen LogP) is 4.39. The third kappa shape index (κ3) is 2.52. The van der Waals surface area contributed by atoms with Gasteiger partial charge in [0.2, 0.25) is 0 Å². The maximum atomic E-state index is 13.0. The molecule has 3 rings (SSSR count). The van der Waals surface area contributed by atoms with Gasteiger partial charge in [-0.1, -0.05) is 0 Å². The van der Waals surface area contributed by atoms with E-state index in [1.54, 1.807) is 12.1 Å². The second-order valence-electron chi connectivity index (χ2n) is 4.40. The molecule has 0 radical (unpaired) electrons. The summed E-state index contributed by atoms with van der Waals surface area (Å²) in [5.41, 5.74) is -0.547. The van der Waals surface area contributed by atoms with Crippen molar-refractivity contribution in [3.8, 4) is 22.1 Å². The number of phenolic OH excluding ortho intramolecular Hbond substituents is 2. The molecule has 1 aromatic heterocycles. The highest BCUT2D eigenvalue weighted by Gasteiger charge is 2.34. The van der Waals surface area contributed by atoms with Gasteiger partial charge < -0.3 is 10.2 Å². The van der Waals surface area contributed by atoms with E-state index in [0.717, 1.165) is 11.3 Å². The predicted molar refractivity (Wildman–Crippen MR) is 73.4 cm³/mol. The van der Waals surface area contributed by atoms with Gasteiger partial charge in [0.05, 0.1) is 15.8 Å². The van der Waals surface area contributed by atoms with Crippen LogP contribution in [0.2, 0.25) is 0 Å². The smallest absolute Gasteiger partial charge is 0.418 e. The molecule has 7 heteroatoms. The molecule has 0 aliphatic heterocycles. The number of phenols is 2. The van der Waals surface area contributed by atoms with Crippen LogP contribution in [0.1, 0.15) is 5.56 Å². The number of aromatic nitrogens is 1. The van der Waals surface area contributed by atoms with E-state index in [2.05, 4.69) is 4.98 Å². The van der Waals surface area contributed by atoms with Gasteiger partial charge in [-0.25, -0.2) is 4.98 Å². The largest absolute Gasteiger partial charge is 0.508 e. The standard InChI is InChI=1S/C14H8F3NO2S/c15-14(16,17)10-5-9(20)6-11-12(10)18-13(21-11)7-1-3-8(19)4-2-7/h1-6,19-20H. The van der Waals surface area contributed by atoms with Crippen LogP contribution < -0.4 is 0 Å². The van der Waals surface area contributed by atoms with Crippen molar-refractivity contribution in [3.05, 3.63) is 42.0 Å². The Morgan fingerprint density at radius 1 is 0.952 bits per heavy atom. The van der Waals surface area contributed by atoms with Crippen molar-refractivity contribution >= 4 is 21.6 Å². The van der Waals surface area contributed by atoms with E-state index in [0.29, 0.717) is 16.6 Å². The Kier molecular flexibility index (Phi) is 3.02. The molecule has 0 aliphatic rings. The quantitative estimate of drug-likeness (QED) is 0.700. The lowest BCUT2D eigenvalue weighted by Gasteiger charge is -2.07. The normalized spacial score (nSPS) is 12.0. The number of rotatable bonds is 1. The molecule has 1 heterocycles. The van der Waals surface area contributed by atoms with Crippen molar-refractivity contribution in [2.45, 2.75) is 6.18 Å². The van der Waals surface area contributed by atoms with E-state index >= 15 is 0 Å². The van der Waals surface area contributed by atoms with Crippen LogP contribution in [0.15, 0.2) is 36.4 Å². The second kappa shape index (κ2) is 4.63. The van der Waals surface area contributed by atoms with Gasteiger partial charge in [0.1, 0.15) is 16.5 Å². The maximum absolute atomic E-state index is 13.0. The molecule has 0 bridgehead atoms. The van der Waals surface area contributed by atoms with Gasteiger partial charge in [0.25, 0.3) is 0 Å². The molecule has 0 fully saturated rings. The van der Waals surface area contributed by atoms with Gasteiger partial charge in [0.15, 0.2) is 0 Å². The van der Waals surface area contributed by atoms with Crippen LogP contribution in [0.3, 0.4) is 0 Å². The number of fused-ring (bicyclic) bond motifs is 1. The van der Waals surface area contributed by atoms with Gasteiger partial charge in [0, 0.05) is 5.56 Å². The van der Waals surface area contributed by atoms with Crippen LogP contribution in [0.5, 0.6) is 11.5 Å². The second-order valence-corrected chi connectivity index (χ2v) is 5.43. The number of halogens is 3. The number of aromatic hydroxyl groups is 2. The Morgan fingerprint density at radius 3 is 2.24 bits per heavy atom. The zero-order valence-electron chi connectivity index (χ0n) is 10.3. The van der Waals surface area contributed by atoms with Gasteiger partial charge in [-0.2, -0.15) is 13.2 Å². The van der Waals surface area contributed by atoms with E-state index in [4.69, 9.17) is 0 Å². The minimum Gasteiger partial charge on any atom is -0.508 e. The van der Waals surface area contributed by atoms with E-state index in [1.165, 1.54) is 18.2 Å². The lowest BCUT2D eigenvalue weighted by atomic mass is 10.1. The van der Waals surface area contributed by atoms with Crippen LogP contribution in [-0.2, 0) is 6.18 Å². The minimum atomic E-state index is -4.59. The molecular formula is C14H8F3NO2S. The Morgan fingerprint density at radius 2 is 1.62 bits per heavy atom. The molecule has 3 aromatic rings. The summed E-state index contributed by atoms with van der Waals surface area (Å²) in [7, 11) is 0. The number of hydrogen-bond donors (Lipinski definition) is 2. The lowest BCUT2D eigenvalue weighted by molar-refractivity contribution is -0.136. The van der Waals surface area contributed by atoms with Gasteiger partial charge in [-0.15, -0.1) is 11.3 Å². The summed E-state index contributed by atoms with van der Waals surface area (Å²) >= 11 is 1.05. The van der Waals surface area contributed by atoms with Gasteiger partial charge >= 0.3 is 6.18 Å². The van der Waals surface area contributed by atoms with Crippen LogP contribution in [0.25, 0.3) is 20.8 Å². The zero-order chi connectivity index (χ0) is 15.2. The van der Waals surface area contributed by atoms with Crippen LogP contribution in [0.4, 0.5) is 13.2 Å². The highest BCUT2D eigenvalue weighted by atomic mass is 32.1. The van der Waals surface area contributed by atoms with Crippen molar-refractivity contribution in [1.82, 2.24) is 4.98 Å². The summed E-state index contributed by atoms with van der Waals surface area (Å²) in [5, 5.41) is 19.1. The Hall–Kier alpha value is -2.28. The van der Waals surface area contributed by atoms with Crippen molar-refractivity contribution < 1.29 is 23.4 Å². The summed E-state index contributed by atoms with van der Waals surface area (Å²) in [5.74, 6) is -0.385. The zero-order valence-corrected chi connectivity index (χ0v) is 11.2. The molecule has 0 saturated heterocycles. The molecular weight excluding hydrogens is 303 g/mol. The molecule has 2 aromatic carbocycles. The van der Waals surface area contributed by atoms with Crippen LogP contribution >= 0.6 is 11.3 Å². The molecule has 0 aliphatic carbocycles. The Bertz CT molecular complexity index is 809. The first-order valence-electron chi connectivity index (χ1n) is 5.85. The van der Waals surface area contributed by atoms with Crippen LogP contribution in [0, 0.1) is 0 Å². The summed E-state index contributed by atoms with van der Waals surface area (Å²) in [6.07, 6.45) is -4.59. The van der Waals surface area contributed by atoms with Crippen molar-refractivity contribution in [1.29, 1.82) is 0 Å². The molecule has 3 nitrogen and oxygen atoms in total. The lowest BCUT2D eigenvalue weighted by Crippen LogP contribution is -2.05. The topological polar surface area (TPSA) is 53.4 Å². The van der Waals surface area contributed by atoms with Crippen molar-refractivity contribution in [2.24, 2.45) is 0 Å². The summed E-state index contributed by atoms with van der Waals surface area (Å²) in [6.45, 7) is 0. The molecule has 0 atom stereocenters. The monoisotopic (exact) mass is 311 g/mol. The summed E-state index contributed by atoms with van der Waals surface area (Å²) in [6, 6.07) is 7.93. The van der Waals surface area contributed by atoms with E-state index in [-0.39, 0.29) is 16.0 Å². The maximum Gasteiger partial charge on any atom is 0.418 e. The average molecular weight is 311 g/mol. The first kappa shape index (κ1) is 13.7. The molecule has 2 N–H and O–H groups in total. The molecule has 0 saturated carbocycles. The van der Waals surface area contributed by atoms with Gasteiger partial charge in [-0.3, -0.25) is 0 Å². The molecule has 21 heavy (non-hydrogen) atoms. The number of benzene rings is 2. The minimum absolute atomic E-state index is 0.0634. The Labute approximate surface area is 120 Å². The third-order valence-electron chi connectivity index (χ3n) is 2.90. The molecule has 0 unspecified atom stereocenters. The Balaban J connectivity index is 2.22. The fourth-order valence-electron chi connectivity index (χ4n) is 1.96. The number of nitrogens with zero attached hydrogens (tertiary/aromatic N) is 1. The fraction of sp³-hybridized carbons (Fsp3) is 0.0714. The number of thiazole rings is 1. The highest BCUT2D eigenvalue weighted by molar-refractivity contribution is 7.21. The van der Waals surface area contributed by atoms with E-state index in [9.17, 15) is 23.4 Å². The summed E-state index contributed by atoms with van der Waals surface area (Å²) < 4.78 is 39.2. The highest BCUT2D eigenvalue weighted by Crippen LogP contribution is 2.41. The average Bonchev–Trinajstić information content (AvgIpc) is 2.80. The number of hydrogen-bond acceptors (Lipinski definition) is 4. The SMILES string of the molecule is Oc1ccc(-c2nc3c(C(F)(F)F)cc(O)cc3s2)cc1. The van der Waals surface area contributed by atoms with E-state index in [1.807, 2.05) is 0 Å². The van der Waals surface area contributed by atoms with Gasteiger partial charge in [-0.05, 0) is 36.4 Å². The van der Waals surface area contributed by atoms with Crippen molar-refractivity contribution in [2.75, 3.05) is 0 Å². The molecule has 108 valence electrons. The summed E-state index contributed by atoms with van der Waals surface area (Å²) in [4.78, 5) is 4.03. The first-order valence-corrected chi connectivity index (χ1v) is 6.66. The molecule has 0 amide bonds.